The minimum atomic E-state index is -2.03. The first kappa shape index (κ1) is 25.7. The van der Waals surface area contributed by atoms with Crippen LogP contribution in [0, 0.1) is 0 Å². The van der Waals surface area contributed by atoms with Crippen molar-refractivity contribution in [2.24, 2.45) is 0 Å². The van der Waals surface area contributed by atoms with Crippen LogP contribution < -0.4 is 37.6 Å². The van der Waals surface area contributed by atoms with Crippen molar-refractivity contribution in [1.82, 2.24) is 0 Å². The molecule has 0 amide bonds. The molecule has 0 saturated heterocycles. The second-order valence-corrected chi connectivity index (χ2v) is 11.2. The summed E-state index contributed by atoms with van der Waals surface area (Å²) < 4.78 is 10.8. The predicted octanol–water partition coefficient (Wildman–Crippen LogP) is 2.37. The molecule has 0 radical (unpaired) electrons. The normalized spacial score (nSPS) is 10.8. The zero-order chi connectivity index (χ0) is 23.1. The molecule has 0 fully saturated rings. The molecule has 0 aliphatic carbocycles. The number of hydrogen-bond donors (Lipinski definition) is 0. The highest BCUT2D eigenvalue weighted by Gasteiger charge is 2.45. The van der Waals surface area contributed by atoms with E-state index in [4.69, 9.17) is 9.47 Å². The number of methoxy groups -OCH3 is 1. The highest BCUT2D eigenvalue weighted by Crippen LogP contribution is 2.58. The van der Waals surface area contributed by atoms with Crippen LogP contribution in [0.2, 0.25) is 0 Å². The monoisotopic (exact) mass is 534 g/mol. The van der Waals surface area contributed by atoms with Crippen molar-refractivity contribution < 1.29 is 31.2 Å². The van der Waals surface area contributed by atoms with Crippen LogP contribution in [-0.2, 0) is 10.9 Å². The second kappa shape index (κ2) is 12.0. The first-order valence-corrected chi connectivity index (χ1v) is 13.1. The SMILES string of the molecule is CCOC(=O)c1ccc(C[P+](c2ccccc2)(c2ccccc2)c2ccccc2)cc1OC.[Br-]. The molecule has 0 aliphatic rings. The molecule has 174 valence electrons. The van der Waals surface area contributed by atoms with Crippen LogP contribution in [0.15, 0.2) is 109 Å². The molecule has 0 N–H and O–H groups in total. The van der Waals surface area contributed by atoms with Crippen molar-refractivity contribution in [1.29, 1.82) is 0 Å². The van der Waals surface area contributed by atoms with E-state index in [0.29, 0.717) is 17.9 Å². The molecule has 34 heavy (non-hydrogen) atoms. The van der Waals surface area contributed by atoms with Crippen LogP contribution in [0.3, 0.4) is 0 Å². The van der Waals surface area contributed by atoms with Gasteiger partial charge in [-0.2, -0.15) is 0 Å². The Labute approximate surface area is 212 Å². The van der Waals surface area contributed by atoms with E-state index in [9.17, 15) is 4.79 Å². The Morgan fingerprint density at radius 1 is 0.735 bits per heavy atom. The van der Waals surface area contributed by atoms with E-state index in [1.807, 2.05) is 18.2 Å². The highest BCUT2D eigenvalue weighted by atomic mass is 79.9. The summed E-state index contributed by atoms with van der Waals surface area (Å²) in [6, 6.07) is 38.1. The van der Waals surface area contributed by atoms with Gasteiger partial charge in [0, 0.05) is 0 Å². The molecule has 0 aliphatic heterocycles. The molecule has 4 rings (SSSR count). The third kappa shape index (κ3) is 5.24. The average Bonchev–Trinajstić information content (AvgIpc) is 2.89. The van der Waals surface area contributed by atoms with Gasteiger partial charge in [0.1, 0.15) is 34.5 Å². The fraction of sp³-hybridized carbons (Fsp3) is 0.138. The third-order valence-electron chi connectivity index (χ3n) is 5.77. The van der Waals surface area contributed by atoms with Crippen LogP contribution in [0.1, 0.15) is 22.8 Å². The van der Waals surface area contributed by atoms with Gasteiger partial charge in [-0.3, -0.25) is 0 Å². The fourth-order valence-corrected chi connectivity index (χ4v) is 8.48. The summed E-state index contributed by atoms with van der Waals surface area (Å²) >= 11 is 0. The Balaban J connectivity index is 0.00000324. The summed E-state index contributed by atoms with van der Waals surface area (Å²) in [5.74, 6) is 0.175. The Morgan fingerprint density at radius 3 is 1.62 bits per heavy atom. The van der Waals surface area contributed by atoms with Gasteiger partial charge in [-0.15, -0.1) is 0 Å². The highest BCUT2D eigenvalue weighted by molar-refractivity contribution is 7.95. The van der Waals surface area contributed by atoms with Gasteiger partial charge in [-0.05, 0) is 61.0 Å². The molecular weight excluding hydrogens is 507 g/mol. The number of halogens is 1. The zero-order valence-electron chi connectivity index (χ0n) is 19.4. The standard InChI is InChI=1S/C29H28O3P.BrH/c1-3-32-29(30)27-20-19-23(21-28(27)31-2)22-33(24-13-7-4-8-14-24,25-15-9-5-10-16-25)26-17-11-6-12-18-26;/h4-21H,3,22H2,1-2H3;1H/q+1;/p-1. The van der Waals surface area contributed by atoms with E-state index in [1.165, 1.54) is 15.9 Å². The molecule has 5 heteroatoms. The molecule has 0 atom stereocenters. The molecule has 4 aromatic rings. The predicted molar refractivity (Wildman–Crippen MR) is 138 cm³/mol. The van der Waals surface area contributed by atoms with Crippen LogP contribution in [0.25, 0.3) is 0 Å². The molecule has 0 aromatic heterocycles. The number of carbonyl (C=O) groups is 1. The van der Waals surface area contributed by atoms with E-state index in [0.717, 1.165) is 11.7 Å². The van der Waals surface area contributed by atoms with Gasteiger partial charge < -0.3 is 26.5 Å². The average molecular weight is 535 g/mol. The van der Waals surface area contributed by atoms with Crippen molar-refractivity contribution in [2.75, 3.05) is 13.7 Å². The molecule has 0 bridgehead atoms. The smallest absolute Gasteiger partial charge is 0.341 e. The van der Waals surface area contributed by atoms with Gasteiger partial charge in [0.05, 0.1) is 19.9 Å². The number of benzene rings is 4. The maximum Gasteiger partial charge on any atom is 0.341 e. The lowest BCUT2D eigenvalue weighted by molar-refractivity contribution is -0.0000254. The Morgan fingerprint density at radius 2 is 1.21 bits per heavy atom. The molecule has 0 spiro atoms. The number of carbonyl (C=O) groups excluding carboxylic acids is 1. The molecule has 0 heterocycles. The molecule has 0 unspecified atom stereocenters. The number of rotatable bonds is 8. The van der Waals surface area contributed by atoms with Crippen LogP contribution in [-0.4, -0.2) is 19.7 Å². The summed E-state index contributed by atoms with van der Waals surface area (Å²) in [6.45, 7) is 2.13. The second-order valence-electron chi connectivity index (χ2n) is 7.73. The van der Waals surface area contributed by atoms with Crippen LogP contribution >= 0.6 is 7.26 Å². The fourth-order valence-electron chi connectivity index (χ4n) is 4.25. The molecule has 4 aromatic carbocycles. The molecule has 3 nitrogen and oxygen atoms in total. The first-order chi connectivity index (χ1) is 16.2. The largest absolute Gasteiger partial charge is 1.00 e. The summed E-state index contributed by atoms with van der Waals surface area (Å²) in [4.78, 5) is 12.4. The van der Waals surface area contributed by atoms with Crippen molar-refractivity contribution in [3.05, 3.63) is 120 Å². The zero-order valence-corrected chi connectivity index (χ0v) is 21.8. The first-order valence-electron chi connectivity index (χ1n) is 11.1. The van der Waals surface area contributed by atoms with E-state index >= 15 is 0 Å². The van der Waals surface area contributed by atoms with E-state index in [1.54, 1.807) is 14.0 Å². The van der Waals surface area contributed by atoms with Gasteiger partial charge in [-0.1, -0.05) is 60.7 Å². The third-order valence-corrected chi connectivity index (χ3v) is 10.2. The van der Waals surface area contributed by atoms with Crippen LogP contribution in [0.5, 0.6) is 5.75 Å². The van der Waals surface area contributed by atoms with Gasteiger partial charge >= 0.3 is 5.97 Å². The Kier molecular flexibility index (Phi) is 9.04. The number of ether oxygens (including phenoxy) is 2. The van der Waals surface area contributed by atoms with E-state index < -0.39 is 7.26 Å². The van der Waals surface area contributed by atoms with Crippen molar-refractivity contribution in [3.8, 4) is 5.75 Å². The quantitative estimate of drug-likeness (QED) is 0.257. The van der Waals surface area contributed by atoms with E-state index in [2.05, 4.69) is 91.0 Å². The Bertz CT molecular complexity index is 1100. The lowest BCUT2D eigenvalue weighted by atomic mass is 10.1. The van der Waals surface area contributed by atoms with Gasteiger partial charge in [0.2, 0.25) is 0 Å². The lowest BCUT2D eigenvalue weighted by Crippen LogP contribution is -3.00. The minimum Gasteiger partial charge on any atom is -1.00 e. The summed E-state index contributed by atoms with van der Waals surface area (Å²) in [7, 11) is -0.436. The molecular formula is C29H28BrO3P. The lowest BCUT2D eigenvalue weighted by Gasteiger charge is -2.28. The van der Waals surface area contributed by atoms with Crippen molar-refractivity contribution in [2.45, 2.75) is 13.1 Å². The summed E-state index contributed by atoms with van der Waals surface area (Å²) in [5.41, 5.74) is 1.57. The van der Waals surface area contributed by atoms with Gasteiger partial charge in [0.15, 0.2) is 0 Å². The van der Waals surface area contributed by atoms with Gasteiger partial charge in [0.25, 0.3) is 0 Å². The minimum absolute atomic E-state index is 0. The maximum absolute atomic E-state index is 12.4. The van der Waals surface area contributed by atoms with Crippen molar-refractivity contribution >= 4 is 29.1 Å². The van der Waals surface area contributed by atoms with Crippen LogP contribution in [0.4, 0.5) is 0 Å². The summed E-state index contributed by atoms with van der Waals surface area (Å²) in [6.07, 6.45) is 0.810. The molecule has 0 saturated carbocycles. The van der Waals surface area contributed by atoms with E-state index in [-0.39, 0.29) is 23.0 Å². The summed E-state index contributed by atoms with van der Waals surface area (Å²) in [5, 5.41) is 3.95. The van der Waals surface area contributed by atoms with Gasteiger partial charge in [-0.25, -0.2) is 4.79 Å². The topological polar surface area (TPSA) is 35.5 Å². The number of esters is 1. The van der Waals surface area contributed by atoms with Crippen molar-refractivity contribution in [3.63, 3.8) is 0 Å². The maximum atomic E-state index is 12.4. The number of hydrogen-bond acceptors (Lipinski definition) is 3. The Hall–Kier alpha value is -2.94.